The van der Waals surface area contributed by atoms with E-state index in [9.17, 15) is 4.79 Å². The SMILES string of the molecule is COC(=O)c1occc1-c1cccc(C)c1. The van der Waals surface area contributed by atoms with E-state index in [0.29, 0.717) is 0 Å². The number of ether oxygens (including phenoxy) is 1. The van der Waals surface area contributed by atoms with Gasteiger partial charge in [-0.1, -0.05) is 29.8 Å². The van der Waals surface area contributed by atoms with Crippen molar-refractivity contribution in [3.63, 3.8) is 0 Å². The summed E-state index contributed by atoms with van der Waals surface area (Å²) in [6.45, 7) is 2.00. The Hall–Kier alpha value is -2.03. The Morgan fingerprint density at radius 3 is 2.81 bits per heavy atom. The Morgan fingerprint density at radius 1 is 1.31 bits per heavy atom. The summed E-state index contributed by atoms with van der Waals surface area (Å²) in [6, 6.07) is 9.64. The summed E-state index contributed by atoms with van der Waals surface area (Å²) < 4.78 is 9.79. The first-order chi connectivity index (χ1) is 7.72. The second-order valence-electron chi connectivity index (χ2n) is 3.52. The van der Waals surface area contributed by atoms with Gasteiger partial charge < -0.3 is 9.15 Å². The Balaban J connectivity index is 2.48. The topological polar surface area (TPSA) is 39.4 Å². The maximum Gasteiger partial charge on any atom is 0.374 e. The lowest BCUT2D eigenvalue weighted by Gasteiger charge is -2.02. The fraction of sp³-hybridized carbons (Fsp3) is 0.154. The normalized spacial score (nSPS) is 10.1. The molecule has 1 aromatic heterocycles. The molecule has 0 bridgehead atoms. The van der Waals surface area contributed by atoms with Gasteiger partial charge >= 0.3 is 5.97 Å². The highest BCUT2D eigenvalue weighted by molar-refractivity contribution is 5.94. The van der Waals surface area contributed by atoms with E-state index < -0.39 is 5.97 Å². The molecule has 2 aromatic rings. The number of carbonyl (C=O) groups is 1. The summed E-state index contributed by atoms with van der Waals surface area (Å²) in [4.78, 5) is 11.4. The molecule has 3 nitrogen and oxygen atoms in total. The van der Waals surface area contributed by atoms with Crippen LogP contribution in [0.15, 0.2) is 41.0 Å². The van der Waals surface area contributed by atoms with E-state index in [1.807, 2.05) is 31.2 Å². The van der Waals surface area contributed by atoms with Crippen LogP contribution in [0.2, 0.25) is 0 Å². The minimum atomic E-state index is -0.457. The van der Waals surface area contributed by atoms with Gasteiger partial charge in [0.2, 0.25) is 5.76 Å². The average Bonchev–Trinajstić information content (AvgIpc) is 2.77. The fourth-order valence-electron chi connectivity index (χ4n) is 1.60. The van der Waals surface area contributed by atoms with Crippen molar-refractivity contribution < 1.29 is 13.9 Å². The van der Waals surface area contributed by atoms with Crippen LogP contribution in [0.3, 0.4) is 0 Å². The molecule has 0 saturated heterocycles. The smallest absolute Gasteiger partial charge is 0.374 e. The largest absolute Gasteiger partial charge is 0.463 e. The molecule has 3 heteroatoms. The van der Waals surface area contributed by atoms with Crippen molar-refractivity contribution in [3.05, 3.63) is 47.9 Å². The van der Waals surface area contributed by atoms with Gasteiger partial charge in [0, 0.05) is 5.56 Å². The van der Waals surface area contributed by atoms with Crippen molar-refractivity contribution >= 4 is 5.97 Å². The van der Waals surface area contributed by atoms with Crippen LogP contribution in [-0.2, 0) is 4.74 Å². The molecular formula is C13H12O3. The van der Waals surface area contributed by atoms with Crippen LogP contribution in [0.5, 0.6) is 0 Å². The first-order valence-corrected chi connectivity index (χ1v) is 4.95. The van der Waals surface area contributed by atoms with Gasteiger partial charge in [-0.15, -0.1) is 0 Å². The molecule has 1 heterocycles. The summed E-state index contributed by atoms with van der Waals surface area (Å²) >= 11 is 0. The molecule has 0 aliphatic carbocycles. The van der Waals surface area contributed by atoms with E-state index in [2.05, 4.69) is 4.74 Å². The first kappa shape index (κ1) is 10.5. The molecule has 0 atom stereocenters. The summed E-state index contributed by atoms with van der Waals surface area (Å²) in [5, 5.41) is 0. The maximum atomic E-state index is 11.4. The van der Waals surface area contributed by atoms with Gasteiger partial charge in [0.15, 0.2) is 0 Å². The third kappa shape index (κ3) is 1.84. The average molecular weight is 216 g/mol. The zero-order chi connectivity index (χ0) is 11.5. The number of aryl methyl sites for hydroxylation is 1. The molecule has 0 aliphatic heterocycles. The van der Waals surface area contributed by atoms with Gasteiger partial charge in [0.05, 0.1) is 13.4 Å². The van der Waals surface area contributed by atoms with Gasteiger partial charge in [-0.2, -0.15) is 0 Å². The molecule has 16 heavy (non-hydrogen) atoms. The molecule has 0 spiro atoms. The van der Waals surface area contributed by atoms with Crippen molar-refractivity contribution in [2.45, 2.75) is 6.92 Å². The predicted octanol–water partition coefficient (Wildman–Crippen LogP) is 3.04. The number of benzene rings is 1. The lowest BCUT2D eigenvalue weighted by atomic mass is 10.0. The third-order valence-corrected chi connectivity index (χ3v) is 2.37. The molecule has 0 N–H and O–H groups in total. The number of hydrogen-bond acceptors (Lipinski definition) is 3. The van der Waals surface area contributed by atoms with Gasteiger partial charge in [-0.05, 0) is 18.6 Å². The minimum absolute atomic E-state index is 0.244. The maximum absolute atomic E-state index is 11.4. The van der Waals surface area contributed by atoms with Crippen LogP contribution in [0.1, 0.15) is 16.1 Å². The van der Waals surface area contributed by atoms with Crippen LogP contribution < -0.4 is 0 Å². The quantitative estimate of drug-likeness (QED) is 0.724. The van der Waals surface area contributed by atoms with Crippen molar-refractivity contribution in [2.75, 3.05) is 7.11 Å². The first-order valence-electron chi connectivity index (χ1n) is 4.95. The van der Waals surface area contributed by atoms with E-state index >= 15 is 0 Å². The molecule has 0 radical (unpaired) electrons. The van der Waals surface area contributed by atoms with Crippen LogP contribution in [-0.4, -0.2) is 13.1 Å². The Kier molecular flexibility index (Phi) is 2.77. The monoisotopic (exact) mass is 216 g/mol. The van der Waals surface area contributed by atoms with E-state index in [1.54, 1.807) is 6.07 Å². The van der Waals surface area contributed by atoms with E-state index in [1.165, 1.54) is 13.4 Å². The van der Waals surface area contributed by atoms with Gasteiger partial charge in [0.1, 0.15) is 0 Å². The molecule has 0 aliphatic rings. The van der Waals surface area contributed by atoms with Crippen molar-refractivity contribution in [3.8, 4) is 11.1 Å². The lowest BCUT2D eigenvalue weighted by Crippen LogP contribution is -2.00. The minimum Gasteiger partial charge on any atom is -0.463 e. The van der Waals surface area contributed by atoms with E-state index in [0.717, 1.165) is 16.7 Å². The summed E-state index contributed by atoms with van der Waals surface area (Å²) in [6.07, 6.45) is 1.49. The Bertz CT molecular complexity index is 511. The Labute approximate surface area is 93.7 Å². The van der Waals surface area contributed by atoms with Crippen LogP contribution in [0.4, 0.5) is 0 Å². The molecule has 0 amide bonds. The van der Waals surface area contributed by atoms with Crippen LogP contribution in [0.25, 0.3) is 11.1 Å². The molecular weight excluding hydrogens is 204 g/mol. The number of carbonyl (C=O) groups excluding carboxylic acids is 1. The zero-order valence-electron chi connectivity index (χ0n) is 9.19. The predicted molar refractivity (Wildman–Crippen MR) is 60.2 cm³/mol. The van der Waals surface area contributed by atoms with Crippen molar-refractivity contribution in [1.29, 1.82) is 0 Å². The van der Waals surface area contributed by atoms with Gasteiger partial charge in [0.25, 0.3) is 0 Å². The second kappa shape index (κ2) is 4.23. The van der Waals surface area contributed by atoms with E-state index in [-0.39, 0.29) is 5.76 Å². The number of esters is 1. The molecule has 0 fully saturated rings. The summed E-state index contributed by atoms with van der Waals surface area (Å²) in [5.41, 5.74) is 2.85. The third-order valence-electron chi connectivity index (χ3n) is 2.37. The number of methoxy groups -OCH3 is 1. The summed E-state index contributed by atoms with van der Waals surface area (Å²) in [5.74, 6) is -0.213. The molecule has 0 unspecified atom stereocenters. The van der Waals surface area contributed by atoms with Crippen LogP contribution >= 0.6 is 0 Å². The highest BCUT2D eigenvalue weighted by Gasteiger charge is 2.16. The standard InChI is InChI=1S/C13H12O3/c1-9-4-3-5-10(8-9)11-6-7-16-12(11)13(14)15-2/h3-8H,1-2H3. The van der Waals surface area contributed by atoms with Gasteiger partial charge in [-0.25, -0.2) is 4.79 Å². The highest BCUT2D eigenvalue weighted by atomic mass is 16.5. The summed E-state index contributed by atoms with van der Waals surface area (Å²) in [7, 11) is 1.34. The highest BCUT2D eigenvalue weighted by Crippen LogP contribution is 2.26. The molecule has 82 valence electrons. The number of hydrogen-bond donors (Lipinski definition) is 0. The van der Waals surface area contributed by atoms with E-state index in [4.69, 9.17) is 4.42 Å². The number of rotatable bonds is 2. The van der Waals surface area contributed by atoms with Crippen LogP contribution in [0, 0.1) is 6.92 Å². The zero-order valence-corrected chi connectivity index (χ0v) is 9.19. The molecule has 1 aromatic carbocycles. The molecule has 2 rings (SSSR count). The molecule has 0 saturated carbocycles. The van der Waals surface area contributed by atoms with Gasteiger partial charge in [-0.3, -0.25) is 0 Å². The fourth-order valence-corrected chi connectivity index (χ4v) is 1.60. The Morgan fingerprint density at radius 2 is 2.12 bits per heavy atom. The second-order valence-corrected chi connectivity index (χ2v) is 3.52. The van der Waals surface area contributed by atoms with Crippen molar-refractivity contribution in [1.82, 2.24) is 0 Å². The number of furan rings is 1. The lowest BCUT2D eigenvalue weighted by molar-refractivity contribution is 0.0566. The van der Waals surface area contributed by atoms with Crippen molar-refractivity contribution in [2.24, 2.45) is 0 Å².